The SMILES string of the molecule is O=C(Nc1cnc(SC2(Cc3cccs3)N=NN=N2)s1)c1ccccc1. The summed E-state index contributed by atoms with van der Waals surface area (Å²) in [7, 11) is 0. The second-order valence-corrected chi connectivity index (χ2v) is 8.86. The Labute approximate surface area is 161 Å². The van der Waals surface area contributed by atoms with Gasteiger partial charge in [0, 0.05) is 16.9 Å². The number of benzene rings is 1. The maximum Gasteiger partial charge on any atom is 0.256 e. The van der Waals surface area contributed by atoms with Gasteiger partial charge >= 0.3 is 0 Å². The molecule has 130 valence electrons. The molecule has 1 aromatic carbocycles. The number of aromatic nitrogens is 1. The van der Waals surface area contributed by atoms with Gasteiger partial charge in [0.25, 0.3) is 10.9 Å². The van der Waals surface area contributed by atoms with Crippen molar-refractivity contribution in [2.75, 3.05) is 5.32 Å². The summed E-state index contributed by atoms with van der Waals surface area (Å²) < 4.78 is 0.740. The number of carbonyl (C=O) groups is 1. The van der Waals surface area contributed by atoms with Crippen LogP contribution in [0.2, 0.25) is 0 Å². The zero-order valence-electron chi connectivity index (χ0n) is 13.3. The molecule has 0 aliphatic carbocycles. The Morgan fingerprint density at radius 1 is 1.12 bits per heavy atom. The van der Waals surface area contributed by atoms with Crippen molar-refractivity contribution < 1.29 is 4.79 Å². The van der Waals surface area contributed by atoms with E-state index < -0.39 is 4.99 Å². The Hall–Kier alpha value is -2.43. The predicted molar refractivity (Wildman–Crippen MR) is 103 cm³/mol. The summed E-state index contributed by atoms with van der Waals surface area (Å²) in [6.45, 7) is 0. The molecule has 1 N–H and O–H groups in total. The fourth-order valence-corrected chi connectivity index (χ4v) is 5.28. The molecule has 3 heterocycles. The van der Waals surface area contributed by atoms with Crippen molar-refractivity contribution in [2.45, 2.75) is 15.8 Å². The van der Waals surface area contributed by atoms with Crippen molar-refractivity contribution in [1.82, 2.24) is 4.98 Å². The molecule has 2 aromatic heterocycles. The molecular weight excluding hydrogens is 388 g/mol. The molecule has 0 unspecified atom stereocenters. The van der Waals surface area contributed by atoms with Gasteiger partial charge in [0.05, 0.1) is 6.20 Å². The van der Waals surface area contributed by atoms with Gasteiger partial charge in [-0.15, -0.1) is 21.6 Å². The van der Waals surface area contributed by atoms with Crippen molar-refractivity contribution >= 4 is 45.3 Å². The predicted octanol–water partition coefficient (Wildman–Crippen LogP) is 5.28. The third-order valence-electron chi connectivity index (χ3n) is 3.43. The average molecular weight is 401 g/mol. The summed E-state index contributed by atoms with van der Waals surface area (Å²) in [6, 6.07) is 13.1. The van der Waals surface area contributed by atoms with Gasteiger partial charge in [-0.25, -0.2) is 4.98 Å². The first-order valence-corrected chi connectivity index (χ1v) is 10.1. The smallest absolute Gasteiger partial charge is 0.256 e. The monoisotopic (exact) mass is 400 g/mol. The number of nitrogens with one attached hydrogen (secondary N) is 1. The van der Waals surface area contributed by atoms with Crippen LogP contribution in [-0.2, 0) is 6.42 Å². The van der Waals surface area contributed by atoms with Gasteiger partial charge in [-0.05, 0) is 45.8 Å². The molecule has 0 radical (unpaired) electrons. The fourth-order valence-electron chi connectivity index (χ4n) is 2.26. The molecular formula is C16H12N6OS3. The lowest BCUT2D eigenvalue weighted by molar-refractivity contribution is 0.102. The molecule has 26 heavy (non-hydrogen) atoms. The van der Waals surface area contributed by atoms with Crippen LogP contribution in [0.4, 0.5) is 5.00 Å². The Kier molecular flexibility index (Phi) is 4.87. The molecule has 0 fully saturated rings. The van der Waals surface area contributed by atoms with E-state index in [1.807, 2.05) is 35.7 Å². The van der Waals surface area contributed by atoms with Gasteiger partial charge in [0.1, 0.15) is 5.00 Å². The normalized spacial score (nSPS) is 14.6. The van der Waals surface area contributed by atoms with Crippen LogP contribution < -0.4 is 5.32 Å². The molecule has 4 rings (SSSR count). The maximum atomic E-state index is 12.2. The van der Waals surface area contributed by atoms with Gasteiger partial charge in [-0.3, -0.25) is 4.79 Å². The summed E-state index contributed by atoms with van der Waals surface area (Å²) in [6.07, 6.45) is 2.23. The van der Waals surface area contributed by atoms with E-state index in [0.717, 1.165) is 9.22 Å². The minimum atomic E-state index is -0.830. The number of nitrogens with zero attached hydrogens (tertiary/aromatic N) is 5. The summed E-state index contributed by atoms with van der Waals surface area (Å²) in [5.74, 6) is -0.167. The highest BCUT2D eigenvalue weighted by molar-refractivity contribution is 8.02. The third kappa shape index (κ3) is 3.87. The van der Waals surface area contributed by atoms with E-state index in [0.29, 0.717) is 17.0 Å². The number of hydrogen-bond donors (Lipinski definition) is 1. The Balaban J connectivity index is 1.46. The first-order chi connectivity index (χ1) is 12.7. The zero-order valence-corrected chi connectivity index (χ0v) is 15.7. The average Bonchev–Trinajstić information content (AvgIpc) is 3.40. The molecule has 10 heteroatoms. The molecule has 1 aliphatic heterocycles. The minimum absolute atomic E-state index is 0.167. The number of thioether (sulfide) groups is 1. The van der Waals surface area contributed by atoms with Gasteiger partial charge in [-0.2, -0.15) is 0 Å². The molecule has 7 nitrogen and oxygen atoms in total. The lowest BCUT2D eigenvalue weighted by atomic mass is 10.2. The van der Waals surface area contributed by atoms with E-state index in [2.05, 4.69) is 31.0 Å². The second-order valence-electron chi connectivity index (χ2n) is 5.29. The highest BCUT2D eigenvalue weighted by Gasteiger charge is 2.36. The van der Waals surface area contributed by atoms with Gasteiger partial charge < -0.3 is 5.32 Å². The van der Waals surface area contributed by atoms with E-state index in [4.69, 9.17) is 0 Å². The quantitative estimate of drug-likeness (QED) is 0.610. The van der Waals surface area contributed by atoms with Crippen molar-refractivity contribution in [3.05, 3.63) is 64.5 Å². The fraction of sp³-hybridized carbons (Fsp3) is 0.125. The maximum absolute atomic E-state index is 12.2. The van der Waals surface area contributed by atoms with Crippen LogP contribution in [0.15, 0.2) is 79.1 Å². The molecule has 0 atom stereocenters. The first-order valence-electron chi connectivity index (χ1n) is 7.60. The van der Waals surface area contributed by atoms with E-state index >= 15 is 0 Å². The number of hydrogen-bond acceptors (Lipinski definition) is 9. The van der Waals surface area contributed by atoms with Crippen LogP contribution in [0.5, 0.6) is 0 Å². The molecule has 3 aromatic rings. The number of thiophene rings is 1. The van der Waals surface area contributed by atoms with Crippen molar-refractivity contribution in [2.24, 2.45) is 20.7 Å². The first kappa shape index (κ1) is 17.0. The number of thiazole rings is 1. The minimum Gasteiger partial charge on any atom is -0.312 e. The second kappa shape index (κ2) is 7.44. The van der Waals surface area contributed by atoms with Crippen LogP contribution in [0.1, 0.15) is 15.2 Å². The number of rotatable bonds is 6. The van der Waals surface area contributed by atoms with Crippen molar-refractivity contribution in [3.63, 3.8) is 0 Å². The number of carbonyl (C=O) groups excluding carboxylic acids is 1. The van der Waals surface area contributed by atoms with E-state index in [1.165, 1.54) is 23.1 Å². The number of anilines is 1. The summed E-state index contributed by atoms with van der Waals surface area (Å²) in [5.41, 5.74) is 0.600. The summed E-state index contributed by atoms with van der Waals surface area (Å²) in [5, 5.41) is 21.3. The molecule has 0 saturated heterocycles. The Morgan fingerprint density at radius 3 is 2.65 bits per heavy atom. The van der Waals surface area contributed by atoms with Crippen LogP contribution in [0, 0.1) is 0 Å². The Bertz CT molecular complexity index is 940. The zero-order chi connectivity index (χ0) is 17.8. The molecule has 0 spiro atoms. The van der Waals surface area contributed by atoms with Crippen LogP contribution in [0.25, 0.3) is 0 Å². The largest absolute Gasteiger partial charge is 0.312 e. The molecule has 1 aliphatic rings. The van der Waals surface area contributed by atoms with E-state index in [-0.39, 0.29) is 5.91 Å². The van der Waals surface area contributed by atoms with Gasteiger partial charge in [0.15, 0.2) is 4.34 Å². The van der Waals surface area contributed by atoms with Crippen molar-refractivity contribution in [3.8, 4) is 0 Å². The molecule has 0 saturated carbocycles. The Morgan fingerprint density at radius 2 is 1.92 bits per heavy atom. The van der Waals surface area contributed by atoms with Crippen LogP contribution >= 0.6 is 34.4 Å². The summed E-state index contributed by atoms with van der Waals surface area (Å²) >= 11 is 4.40. The van der Waals surface area contributed by atoms with Gasteiger partial charge in [-0.1, -0.05) is 35.6 Å². The van der Waals surface area contributed by atoms with E-state index in [9.17, 15) is 4.79 Å². The highest BCUT2D eigenvalue weighted by atomic mass is 32.2. The summed E-state index contributed by atoms with van der Waals surface area (Å²) in [4.78, 5) is 16.9. The van der Waals surface area contributed by atoms with Crippen LogP contribution in [0.3, 0.4) is 0 Å². The molecule has 0 bridgehead atoms. The standard InChI is InChI=1S/C16H12N6OS3/c23-14(11-5-2-1-3-6-11)18-13-10-17-15(25-13)26-16(19-21-22-20-16)9-12-7-4-8-24-12/h1-8,10H,9H2,(H,18,23). The van der Waals surface area contributed by atoms with Gasteiger partial charge in [0.2, 0.25) is 0 Å². The molecule has 1 amide bonds. The third-order valence-corrected chi connectivity index (χ3v) is 6.43. The highest BCUT2D eigenvalue weighted by Crippen LogP contribution is 2.43. The topological polar surface area (TPSA) is 91.4 Å². The van der Waals surface area contributed by atoms with Crippen molar-refractivity contribution in [1.29, 1.82) is 0 Å². The lowest BCUT2D eigenvalue weighted by Crippen LogP contribution is -2.19. The van der Waals surface area contributed by atoms with E-state index in [1.54, 1.807) is 29.7 Å². The lowest BCUT2D eigenvalue weighted by Gasteiger charge is -2.16. The van der Waals surface area contributed by atoms with Crippen LogP contribution in [-0.4, -0.2) is 15.9 Å². The number of amides is 1.